The molecule has 1 aliphatic heterocycles. The second-order valence-electron chi connectivity index (χ2n) is 4.76. The highest BCUT2D eigenvalue weighted by molar-refractivity contribution is 7.21. The van der Waals surface area contributed by atoms with E-state index in [2.05, 4.69) is 5.10 Å². The minimum absolute atomic E-state index is 0.239. The van der Waals surface area contributed by atoms with E-state index in [-0.39, 0.29) is 5.71 Å². The van der Waals surface area contributed by atoms with Crippen molar-refractivity contribution in [2.45, 2.75) is 25.2 Å². The van der Waals surface area contributed by atoms with Crippen LogP contribution in [0.25, 0.3) is 10.1 Å². The van der Waals surface area contributed by atoms with E-state index in [1.807, 2.05) is 36.6 Å². The Morgan fingerprint density at radius 3 is 2.65 bits per heavy atom. The predicted octanol–water partition coefficient (Wildman–Crippen LogP) is 3.16. The minimum atomic E-state index is -4.76. The summed E-state index contributed by atoms with van der Waals surface area (Å²) in [4.78, 5) is 0.680. The molecule has 0 saturated carbocycles. The molecule has 106 valence electrons. The van der Waals surface area contributed by atoms with Crippen molar-refractivity contribution in [3.63, 3.8) is 0 Å². The van der Waals surface area contributed by atoms with Crippen molar-refractivity contribution in [2.75, 3.05) is 0 Å². The van der Waals surface area contributed by atoms with Gasteiger partial charge in [-0.05, 0) is 23.9 Å². The predicted molar refractivity (Wildman–Crippen MR) is 71.9 cm³/mol. The number of hydrogen-bond donors (Lipinski definition) is 2. The molecule has 20 heavy (non-hydrogen) atoms. The number of hydrogen-bond acceptors (Lipinski definition) is 4. The summed E-state index contributed by atoms with van der Waals surface area (Å²) >= 11 is 1.38. The molecule has 1 aromatic carbocycles. The molecule has 0 saturated heterocycles. The fourth-order valence-electron chi connectivity index (χ4n) is 2.23. The van der Waals surface area contributed by atoms with Crippen LogP contribution in [0.2, 0.25) is 0 Å². The van der Waals surface area contributed by atoms with E-state index >= 15 is 0 Å². The lowest BCUT2D eigenvalue weighted by Crippen LogP contribution is -2.52. The van der Waals surface area contributed by atoms with Crippen LogP contribution >= 0.6 is 11.3 Å². The number of benzene rings is 1. The van der Waals surface area contributed by atoms with Crippen LogP contribution in [0.4, 0.5) is 13.2 Å². The van der Waals surface area contributed by atoms with Crippen LogP contribution < -0.4 is 5.43 Å². The van der Waals surface area contributed by atoms with E-state index in [1.54, 1.807) is 0 Å². The number of thiophene rings is 1. The number of nitrogens with one attached hydrogen (secondary N) is 1. The summed E-state index contributed by atoms with van der Waals surface area (Å²) in [7, 11) is 0. The lowest BCUT2D eigenvalue weighted by atomic mass is 10.0. The summed E-state index contributed by atoms with van der Waals surface area (Å²) in [6, 6.07) is 7.59. The summed E-state index contributed by atoms with van der Waals surface area (Å²) in [6.07, 6.45) is -5.34. The van der Waals surface area contributed by atoms with Crippen molar-refractivity contribution in [1.29, 1.82) is 0 Å². The average molecular weight is 300 g/mol. The summed E-state index contributed by atoms with van der Waals surface area (Å²) in [5, 5.41) is 14.3. The van der Waals surface area contributed by atoms with Gasteiger partial charge in [0.2, 0.25) is 0 Å². The molecule has 0 radical (unpaired) electrons. The first kappa shape index (κ1) is 13.4. The van der Waals surface area contributed by atoms with Crippen LogP contribution in [-0.2, 0) is 0 Å². The van der Waals surface area contributed by atoms with E-state index in [4.69, 9.17) is 0 Å². The highest BCUT2D eigenvalue weighted by Gasteiger charge is 2.57. The van der Waals surface area contributed by atoms with Crippen molar-refractivity contribution in [2.24, 2.45) is 5.10 Å². The van der Waals surface area contributed by atoms with Gasteiger partial charge >= 0.3 is 6.18 Å². The first-order chi connectivity index (χ1) is 9.32. The maximum atomic E-state index is 12.8. The molecule has 0 bridgehead atoms. The van der Waals surface area contributed by atoms with Crippen LogP contribution in [-0.4, -0.2) is 22.7 Å². The molecule has 7 heteroatoms. The first-order valence-corrected chi connectivity index (χ1v) is 6.75. The van der Waals surface area contributed by atoms with Gasteiger partial charge in [0, 0.05) is 4.70 Å². The highest BCUT2D eigenvalue weighted by Crippen LogP contribution is 2.38. The smallest absolute Gasteiger partial charge is 0.362 e. The molecule has 2 heterocycles. The zero-order valence-electron chi connectivity index (χ0n) is 10.5. The Morgan fingerprint density at radius 1 is 1.35 bits per heavy atom. The Kier molecular flexibility index (Phi) is 2.81. The molecule has 1 unspecified atom stereocenters. The number of aliphatic hydroxyl groups is 1. The molecule has 2 N–H and O–H groups in total. The topological polar surface area (TPSA) is 44.6 Å². The van der Waals surface area contributed by atoms with E-state index in [0.29, 0.717) is 4.88 Å². The van der Waals surface area contributed by atoms with Crippen LogP contribution in [0.3, 0.4) is 0 Å². The van der Waals surface area contributed by atoms with Gasteiger partial charge in [-0.2, -0.15) is 18.3 Å². The van der Waals surface area contributed by atoms with Crippen molar-refractivity contribution in [3.05, 3.63) is 34.7 Å². The number of halogens is 3. The number of fused-ring (bicyclic) bond motifs is 1. The van der Waals surface area contributed by atoms with Gasteiger partial charge in [-0.25, -0.2) is 0 Å². The molecule has 1 atom stereocenters. The number of hydrazone groups is 1. The fourth-order valence-corrected chi connectivity index (χ4v) is 3.42. The maximum absolute atomic E-state index is 12.8. The van der Waals surface area contributed by atoms with E-state index in [9.17, 15) is 18.3 Å². The lowest BCUT2D eigenvalue weighted by Gasteiger charge is -2.24. The van der Waals surface area contributed by atoms with Crippen molar-refractivity contribution in [3.8, 4) is 0 Å². The molecule has 3 rings (SSSR count). The molecular weight excluding hydrogens is 289 g/mol. The van der Waals surface area contributed by atoms with Gasteiger partial charge in [0.1, 0.15) is 0 Å². The minimum Gasteiger partial charge on any atom is -0.362 e. The fraction of sp³-hybridized carbons (Fsp3) is 0.308. The van der Waals surface area contributed by atoms with Gasteiger partial charge in [0.05, 0.1) is 17.0 Å². The molecule has 0 spiro atoms. The Labute approximate surface area is 116 Å². The Hall–Kier alpha value is -1.60. The van der Waals surface area contributed by atoms with Gasteiger partial charge in [-0.1, -0.05) is 18.2 Å². The second kappa shape index (κ2) is 4.20. The monoisotopic (exact) mass is 300 g/mol. The third-order valence-electron chi connectivity index (χ3n) is 3.37. The normalized spacial score (nSPS) is 22.9. The second-order valence-corrected chi connectivity index (χ2v) is 5.81. The molecule has 1 aliphatic rings. The van der Waals surface area contributed by atoms with E-state index < -0.39 is 18.3 Å². The first-order valence-electron chi connectivity index (χ1n) is 5.93. The van der Waals surface area contributed by atoms with Gasteiger partial charge in [0.15, 0.2) is 0 Å². The number of aryl methyl sites for hydroxylation is 1. The summed E-state index contributed by atoms with van der Waals surface area (Å²) in [5.74, 6) is 0. The third-order valence-corrected chi connectivity index (χ3v) is 4.70. The van der Waals surface area contributed by atoms with Crippen LogP contribution in [0.1, 0.15) is 16.9 Å². The van der Waals surface area contributed by atoms with E-state index in [0.717, 1.165) is 15.6 Å². The summed E-state index contributed by atoms with van der Waals surface area (Å²) in [6.45, 7) is 1.85. The number of rotatable bonds is 1. The van der Waals surface area contributed by atoms with Crippen LogP contribution in [0.5, 0.6) is 0 Å². The van der Waals surface area contributed by atoms with Crippen molar-refractivity contribution >= 4 is 27.1 Å². The van der Waals surface area contributed by atoms with Gasteiger partial charge in [-0.3, -0.25) is 5.43 Å². The van der Waals surface area contributed by atoms with Crippen molar-refractivity contribution in [1.82, 2.24) is 5.43 Å². The Bertz CT molecular complexity index is 707. The summed E-state index contributed by atoms with van der Waals surface area (Å²) < 4.78 is 39.3. The number of nitrogens with zero attached hydrogens (tertiary/aromatic N) is 1. The zero-order chi connectivity index (χ0) is 14.5. The molecule has 3 nitrogen and oxygen atoms in total. The standard InChI is InChI=1S/C13H11F3N2OS/c1-7-8-4-2-3-5-10(8)20-11(7)9-6-12(19,18-17-9)13(14,15)16/h2-5,18-19H,6H2,1H3. The molecule has 0 aliphatic carbocycles. The van der Waals surface area contributed by atoms with E-state index in [1.165, 1.54) is 11.3 Å². The summed E-state index contributed by atoms with van der Waals surface area (Å²) in [5.41, 5.74) is -0.0230. The molecular formula is C13H11F3N2OS. The highest BCUT2D eigenvalue weighted by atomic mass is 32.1. The quantitative estimate of drug-likeness (QED) is 0.849. The van der Waals surface area contributed by atoms with Gasteiger partial charge in [-0.15, -0.1) is 11.3 Å². The molecule has 1 aromatic heterocycles. The Balaban J connectivity index is 2.00. The Morgan fingerprint density at radius 2 is 2.05 bits per heavy atom. The number of alkyl halides is 3. The van der Waals surface area contributed by atoms with Crippen LogP contribution in [0, 0.1) is 6.92 Å². The maximum Gasteiger partial charge on any atom is 0.438 e. The largest absolute Gasteiger partial charge is 0.438 e. The lowest BCUT2D eigenvalue weighted by molar-refractivity contribution is -0.266. The van der Waals surface area contributed by atoms with Gasteiger partial charge in [0.25, 0.3) is 5.72 Å². The van der Waals surface area contributed by atoms with Gasteiger partial charge < -0.3 is 5.11 Å². The molecule has 0 amide bonds. The SMILES string of the molecule is Cc1c(C2=NNC(O)(C(F)(F)F)C2)sc2ccccc12. The zero-order valence-corrected chi connectivity index (χ0v) is 11.3. The third kappa shape index (κ3) is 1.89. The average Bonchev–Trinajstić information content (AvgIpc) is 2.92. The van der Waals surface area contributed by atoms with Crippen molar-refractivity contribution < 1.29 is 18.3 Å². The van der Waals surface area contributed by atoms with Crippen LogP contribution in [0.15, 0.2) is 29.4 Å². The molecule has 0 fully saturated rings. The molecule has 2 aromatic rings.